The minimum atomic E-state index is -1.06. The molecule has 0 saturated carbocycles. The molecule has 2 aromatic rings. The highest BCUT2D eigenvalue weighted by atomic mass is 19.1. The molecule has 1 aliphatic rings. The maximum atomic E-state index is 13.2. The van der Waals surface area contributed by atoms with Gasteiger partial charge in [0.2, 0.25) is 5.91 Å². The molecule has 1 aliphatic heterocycles. The van der Waals surface area contributed by atoms with Crippen molar-refractivity contribution in [1.29, 1.82) is 0 Å². The topological polar surface area (TPSA) is 93.5 Å². The van der Waals surface area contributed by atoms with Gasteiger partial charge in [0.05, 0.1) is 24.4 Å². The smallest absolute Gasteiger partial charge is 0.326 e. The molecular weight excluding hydrogens is 365 g/mol. The quantitative estimate of drug-likeness (QED) is 0.790. The first-order chi connectivity index (χ1) is 13.4. The third-order valence-electron chi connectivity index (χ3n) is 5.10. The first-order valence-electron chi connectivity index (χ1n) is 9.27. The summed E-state index contributed by atoms with van der Waals surface area (Å²) in [6, 6.07) is 4.95. The molecule has 28 heavy (non-hydrogen) atoms. The molecule has 150 valence electrons. The van der Waals surface area contributed by atoms with E-state index in [1.807, 2.05) is 6.92 Å². The van der Waals surface area contributed by atoms with Crippen LogP contribution in [0.2, 0.25) is 0 Å². The highest BCUT2D eigenvalue weighted by Gasteiger charge is 2.31. The number of carbonyl (C=O) groups excluding carboxylic acids is 1. The number of carboxylic acid groups (broad SMARTS) is 1. The summed E-state index contributed by atoms with van der Waals surface area (Å²) in [5.41, 5.74) is 2.85. The number of halogens is 1. The van der Waals surface area contributed by atoms with Gasteiger partial charge in [-0.15, -0.1) is 0 Å². The minimum absolute atomic E-state index is 0.0240. The molecule has 1 aromatic carbocycles. The van der Waals surface area contributed by atoms with Gasteiger partial charge in [0.25, 0.3) is 0 Å². The lowest BCUT2D eigenvalue weighted by atomic mass is 9.93. The maximum absolute atomic E-state index is 13.2. The van der Waals surface area contributed by atoms with Gasteiger partial charge in [0.15, 0.2) is 0 Å². The van der Waals surface area contributed by atoms with Crippen LogP contribution >= 0.6 is 0 Å². The summed E-state index contributed by atoms with van der Waals surface area (Å²) in [6.07, 6.45) is 1.51. The fourth-order valence-corrected chi connectivity index (χ4v) is 3.56. The van der Waals surface area contributed by atoms with Crippen molar-refractivity contribution in [3.05, 3.63) is 47.0 Å². The summed E-state index contributed by atoms with van der Waals surface area (Å²) in [7, 11) is 0. The molecule has 2 unspecified atom stereocenters. The summed E-state index contributed by atoms with van der Waals surface area (Å²) in [5.74, 6) is -2.00. The van der Waals surface area contributed by atoms with Crippen LogP contribution in [0.25, 0.3) is 5.69 Å². The lowest BCUT2D eigenvalue weighted by Crippen LogP contribution is -2.48. The molecule has 1 amide bonds. The van der Waals surface area contributed by atoms with Crippen molar-refractivity contribution < 1.29 is 23.8 Å². The Bertz CT molecular complexity index is 857. The summed E-state index contributed by atoms with van der Waals surface area (Å²) in [5, 5.41) is 16.6. The second kappa shape index (κ2) is 8.52. The van der Waals surface area contributed by atoms with E-state index < -0.39 is 12.0 Å². The largest absolute Gasteiger partial charge is 0.480 e. The van der Waals surface area contributed by atoms with E-state index >= 15 is 0 Å². The fourth-order valence-electron chi connectivity index (χ4n) is 3.56. The predicted octanol–water partition coefficient (Wildman–Crippen LogP) is 2.17. The molecule has 0 bridgehead atoms. The Morgan fingerprint density at radius 1 is 1.36 bits per heavy atom. The normalized spacial score (nSPS) is 17.9. The van der Waals surface area contributed by atoms with Crippen molar-refractivity contribution in [3.63, 3.8) is 0 Å². The zero-order chi connectivity index (χ0) is 20.3. The number of hydrogen-bond acceptors (Lipinski definition) is 4. The molecule has 0 spiro atoms. The number of nitrogens with one attached hydrogen (secondary N) is 1. The van der Waals surface area contributed by atoms with Gasteiger partial charge in [-0.3, -0.25) is 4.79 Å². The molecule has 3 rings (SSSR count). The lowest BCUT2D eigenvalue weighted by Gasteiger charge is -2.28. The second-order valence-electron chi connectivity index (χ2n) is 7.08. The highest BCUT2D eigenvalue weighted by Crippen LogP contribution is 2.20. The van der Waals surface area contributed by atoms with Gasteiger partial charge < -0.3 is 15.2 Å². The molecule has 7 nitrogen and oxygen atoms in total. The average molecular weight is 389 g/mol. The maximum Gasteiger partial charge on any atom is 0.326 e. The van der Waals surface area contributed by atoms with Gasteiger partial charge in [-0.2, -0.15) is 5.10 Å². The molecule has 1 fully saturated rings. The number of ether oxygens (including phenoxy) is 1. The van der Waals surface area contributed by atoms with Crippen LogP contribution in [0.3, 0.4) is 0 Å². The second-order valence-corrected chi connectivity index (χ2v) is 7.08. The first-order valence-corrected chi connectivity index (χ1v) is 9.27. The molecule has 0 radical (unpaired) electrons. The Labute approximate surface area is 162 Å². The number of carboxylic acids is 1. The number of carbonyl (C=O) groups is 2. The fraction of sp³-hybridized carbons (Fsp3) is 0.450. The van der Waals surface area contributed by atoms with Crippen LogP contribution < -0.4 is 5.32 Å². The number of nitrogens with zero attached hydrogens (tertiary/aromatic N) is 2. The van der Waals surface area contributed by atoms with Gasteiger partial charge in [-0.1, -0.05) is 0 Å². The first kappa shape index (κ1) is 20.0. The number of rotatable bonds is 6. The SMILES string of the molecule is Cc1nn(-c2ccc(F)cc2)c(C)c1CC(=O)NC(C(=O)O)C1CCCOC1. The van der Waals surface area contributed by atoms with Gasteiger partial charge in [-0.05, 0) is 51.0 Å². The number of aliphatic carboxylic acids is 1. The third-order valence-corrected chi connectivity index (χ3v) is 5.10. The van der Waals surface area contributed by atoms with Crippen LogP contribution in [0.5, 0.6) is 0 Å². The van der Waals surface area contributed by atoms with Crippen molar-refractivity contribution in [2.45, 2.75) is 39.2 Å². The van der Waals surface area contributed by atoms with Crippen molar-refractivity contribution in [2.75, 3.05) is 13.2 Å². The zero-order valence-electron chi connectivity index (χ0n) is 15.9. The monoisotopic (exact) mass is 389 g/mol. The Balaban J connectivity index is 1.74. The van der Waals surface area contributed by atoms with E-state index in [0.717, 1.165) is 17.7 Å². The van der Waals surface area contributed by atoms with Crippen LogP contribution in [0.15, 0.2) is 24.3 Å². The molecule has 1 saturated heterocycles. The van der Waals surface area contributed by atoms with E-state index in [-0.39, 0.29) is 24.1 Å². The molecule has 2 atom stereocenters. The standard InChI is InChI=1S/C20H24FN3O4/c1-12-17(13(2)24(23-12)16-7-5-15(21)6-8-16)10-18(25)22-19(20(26)27)14-4-3-9-28-11-14/h5-8,14,19H,3-4,9-11H2,1-2H3,(H,22,25)(H,26,27). The Hall–Kier alpha value is -2.74. The van der Waals surface area contributed by atoms with Crippen LogP contribution in [-0.2, 0) is 20.7 Å². The zero-order valence-corrected chi connectivity index (χ0v) is 15.9. The van der Waals surface area contributed by atoms with Crippen molar-refractivity contribution in [1.82, 2.24) is 15.1 Å². The molecule has 2 heterocycles. The van der Waals surface area contributed by atoms with E-state index in [0.29, 0.717) is 31.0 Å². The molecule has 1 aromatic heterocycles. The number of hydrogen-bond donors (Lipinski definition) is 2. The Morgan fingerprint density at radius 2 is 2.07 bits per heavy atom. The Kier molecular flexibility index (Phi) is 6.08. The number of aryl methyl sites for hydroxylation is 1. The van der Waals surface area contributed by atoms with E-state index in [4.69, 9.17) is 4.74 Å². The van der Waals surface area contributed by atoms with Gasteiger partial charge in [0.1, 0.15) is 11.9 Å². The molecule has 8 heteroatoms. The summed E-state index contributed by atoms with van der Waals surface area (Å²) < 4.78 is 20.2. The van der Waals surface area contributed by atoms with Crippen LogP contribution in [-0.4, -0.2) is 46.0 Å². The van der Waals surface area contributed by atoms with Crippen LogP contribution in [0, 0.1) is 25.6 Å². The van der Waals surface area contributed by atoms with Crippen molar-refractivity contribution in [3.8, 4) is 5.69 Å². The third kappa shape index (κ3) is 4.39. The van der Waals surface area contributed by atoms with Gasteiger partial charge >= 0.3 is 5.97 Å². The molecule has 0 aliphatic carbocycles. The summed E-state index contributed by atoms with van der Waals surface area (Å²) >= 11 is 0. The number of amides is 1. The van der Waals surface area contributed by atoms with E-state index in [1.54, 1.807) is 23.7 Å². The number of benzene rings is 1. The molecular formula is C20H24FN3O4. The Morgan fingerprint density at radius 3 is 2.68 bits per heavy atom. The van der Waals surface area contributed by atoms with Crippen molar-refractivity contribution in [2.24, 2.45) is 5.92 Å². The number of aromatic nitrogens is 2. The summed E-state index contributed by atoms with van der Waals surface area (Å²) in [4.78, 5) is 24.2. The highest BCUT2D eigenvalue weighted by molar-refractivity contribution is 5.85. The predicted molar refractivity (Wildman–Crippen MR) is 99.8 cm³/mol. The van der Waals surface area contributed by atoms with E-state index in [9.17, 15) is 19.1 Å². The minimum Gasteiger partial charge on any atom is -0.480 e. The molecule has 2 N–H and O–H groups in total. The average Bonchev–Trinajstić information content (AvgIpc) is 2.95. The van der Waals surface area contributed by atoms with Crippen LogP contribution in [0.4, 0.5) is 4.39 Å². The van der Waals surface area contributed by atoms with Gasteiger partial charge in [0, 0.05) is 23.8 Å². The van der Waals surface area contributed by atoms with Crippen LogP contribution in [0.1, 0.15) is 29.8 Å². The van der Waals surface area contributed by atoms with Gasteiger partial charge in [-0.25, -0.2) is 13.9 Å². The van der Waals surface area contributed by atoms with Crippen molar-refractivity contribution >= 4 is 11.9 Å². The van der Waals surface area contributed by atoms with E-state index in [1.165, 1.54) is 12.1 Å². The van der Waals surface area contributed by atoms with E-state index in [2.05, 4.69) is 10.4 Å². The lowest BCUT2D eigenvalue weighted by molar-refractivity contribution is -0.145. The summed E-state index contributed by atoms with van der Waals surface area (Å²) in [6.45, 7) is 4.57.